The van der Waals surface area contributed by atoms with Crippen molar-refractivity contribution >= 4 is 11.8 Å². The molecular formula is C26H32N2O6. The molecule has 2 saturated heterocycles. The van der Waals surface area contributed by atoms with Gasteiger partial charge < -0.3 is 24.1 Å². The Hall–Kier alpha value is -2.75. The van der Waals surface area contributed by atoms with Crippen LogP contribution in [-0.4, -0.2) is 61.7 Å². The van der Waals surface area contributed by atoms with Crippen molar-refractivity contribution in [3.63, 3.8) is 0 Å². The summed E-state index contributed by atoms with van der Waals surface area (Å²) in [6.45, 7) is 7.71. The molecule has 2 aromatic rings. The van der Waals surface area contributed by atoms with Crippen LogP contribution in [0.25, 0.3) is 0 Å². The maximum Gasteiger partial charge on any atom is 0.411 e. The van der Waals surface area contributed by atoms with Crippen molar-refractivity contribution in [1.29, 1.82) is 0 Å². The SMILES string of the molecule is C=CCOC(=O)Nc1cccc([C@@H]2O[C@H](CN3CCOCC3)C[C@H](c3ccc(CO)cc3)O2)c1. The zero-order valence-electron chi connectivity index (χ0n) is 19.2. The van der Waals surface area contributed by atoms with Crippen molar-refractivity contribution in [3.05, 3.63) is 77.9 Å². The predicted octanol–water partition coefficient (Wildman–Crippen LogP) is 3.79. The maximum atomic E-state index is 11.9. The summed E-state index contributed by atoms with van der Waals surface area (Å²) in [5.41, 5.74) is 3.31. The van der Waals surface area contributed by atoms with Crippen LogP contribution in [-0.2, 0) is 25.6 Å². The molecule has 2 heterocycles. The molecule has 34 heavy (non-hydrogen) atoms. The molecule has 0 spiro atoms. The molecule has 0 aromatic heterocycles. The van der Waals surface area contributed by atoms with Gasteiger partial charge in [-0.05, 0) is 23.3 Å². The molecule has 1 amide bonds. The molecule has 3 atom stereocenters. The fourth-order valence-corrected chi connectivity index (χ4v) is 4.16. The summed E-state index contributed by atoms with van der Waals surface area (Å²) in [4.78, 5) is 14.3. The first-order valence-electron chi connectivity index (χ1n) is 11.6. The summed E-state index contributed by atoms with van der Waals surface area (Å²) in [5.74, 6) is 0. The minimum Gasteiger partial charge on any atom is -0.445 e. The molecule has 2 aromatic carbocycles. The number of morpholine rings is 1. The molecule has 0 radical (unpaired) electrons. The Labute approximate surface area is 200 Å². The molecule has 2 aliphatic heterocycles. The van der Waals surface area contributed by atoms with E-state index in [0.29, 0.717) is 5.69 Å². The molecule has 182 valence electrons. The van der Waals surface area contributed by atoms with Gasteiger partial charge in [0, 0.05) is 37.3 Å². The quantitative estimate of drug-likeness (QED) is 0.570. The summed E-state index contributed by atoms with van der Waals surface area (Å²) >= 11 is 0. The molecule has 2 fully saturated rings. The van der Waals surface area contributed by atoms with E-state index >= 15 is 0 Å². The van der Waals surface area contributed by atoms with E-state index in [1.807, 2.05) is 42.5 Å². The molecule has 8 nitrogen and oxygen atoms in total. The molecule has 8 heteroatoms. The van der Waals surface area contributed by atoms with Crippen LogP contribution in [0.2, 0.25) is 0 Å². The second kappa shape index (κ2) is 12.1. The van der Waals surface area contributed by atoms with Crippen molar-refractivity contribution < 1.29 is 28.8 Å². The highest BCUT2D eigenvalue weighted by molar-refractivity contribution is 5.84. The number of nitrogens with one attached hydrogen (secondary N) is 1. The highest BCUT2D eigenvalue weighted by Gasteiger charge is 2.33. The number of ether oxygens (including phenoxy) is 4. The summed E-state index contributed by atoms with van der Waals surface area (Å²) in [7, 11) is 0. The third-order valence-electron chi connectivity index (χ3n) is 5.92. The van der Waals surface area contributed by atoms with Crippen LogP contribution in [0, 0.1) is 0 Å². The standard InChI is InChI=1S/C26H32N2O6/c1-2-12-32-26(30)27-22-5-3-4-21(15-22)25-33-23(17-28-10-13-31-14-11-28)16-24(34-25)20-8-6-19(18-29)7-9-20/h2-9,15,23-25,29H,1,10-14,16-18H2,(H,27,30)/t23-,24+,25+/m0/s1. The van der Waals surface area contributed by atoms with E-state index in [0.717, 1.165) is 56.0 Å². The molecule has 2 N–H and O–H groups in total. The maximum absolute atomic E-state index is 11.9. The number of carbonyl (C=O) groups is 1. The highest BCUT2D eigenvalue weighted by atomic mass is 16.7. The molecule has 2 aliphatic rings. The van der Waals surface area contributed by atoms with E-state index in [4.69, 9.17) is 18.9 Å². The Morgan fingerprint density at radius 1 is 1.15 bits per heavy atom. The normalized spacial score (nSPS) is 23.3. The molecular weight excluding hydrogens is 436 g/mol. The molecule has 4 rings (SSSR count). The number of aliphatic hydroxyl groups excluding tert-OH is 1. The lowest BCUT2D eigenvalue weighted by atomic mass is 9.99. The van der Waals surface area contributed by atoms with Crippen molar-refractivity contribution in [1.82, 2.24) is 4.90 Å². The number of aliphatic hydroxyl groups is 1. The minimum absolute atomic E-state index is 0.00617. The Morgan fingerprint density at radius 3 is 2.68 bits per heavy atom. The number of benzene rings is 2. The number of carbonyl (C=O) groups excluding carboxylic acids is 1. The Kier molecular flexibility index (Phi) is 8.67. The van der Waals surface area contributed by atoms with Crippen LogP contribution in [0.5, 0.6) is 0 Å². The van der Waals surface area contributed by atoms with Gasteiger partial charge in [-0.25, -0.2) is 4.79 Å². The van der Waals surface area contributed by atoms with Gasteiger partial charge in [0.2, 0.25) is 0 Å². The van der Waals surface area contributed by atoms with Gasteiger partial charge in [-0.1, -0.05) is 49.1 Å². The average molecular weight is 469 g/mol. The van der Waals surface area contributed by atoms with Crippen LogP contribution in [0.3, 0.4) is 0 Å². The van der Waals surface area contributed by atoms with Crippen molar-refractivity contribution in [3.8, 4) is 0 Å². The number of hydrogen-bond donors (Lipinski definition) is 2. The van der Waals surface area contributed by atoms with E-state index in [-0.39, 0.29) is 25.4 Å². The lowest BCUT2D eigenvalue weighted by molar-refractivity contribution is -0.253. The monoisotopic (exact) mass is 468 g/mol. The van der Waals surface area contributed by atoms with E-state index in [1.54, 1.807) is 6.07 Å². The van der Waals surface area contributed by atoms with Gasteiger partial charge in [0.25, 0.3) is 0 Å². The van der Waals surface area contributed by atoms with Crippen molar-refractivity contribution in [2.45, 2.75) is 31.5 Å². The lowest BCUT2D eigenvalue weighted by Crippen LogP contribution is -2.44. The van der Waals surface area contributed by atoms with Gasteiger partial charge in [0.05, 0.1) is 32.0 Å². The van der Waals surface area contributed by atoms with Crippen LogP contribution >= 0.6 is 0 Å². The molecule has 0 saturated carbocycles. The Balaban J connectivity index is 1.51. The van der Waals surface area contributed by atoms with Gasteiger partial charge in [-0.15, -0.1) is 0 Å². The summed E-state index contributed by atoms with van der Waals surface area (Å²) < 4.78 is 23.3. The largest absolute Gasteiger partial charge is 0.445 e. The van der Waals surface area contributed by atoms with E-state index < -0.39 is 12.4 Å². The third kappa shape index (κ3) is 6.65. The van der Waals surface area contributed by atoms with Gasteiger partial charge in [-0.3, -0.25) is 10.2 Å². The topological polar surface area (TPSA) is 89.5 Å². The van der Waals surface area contributed by atoms with Gasteiger partial charge >= 0.3 is 6.09 Å². The second-order valence-corrected chi connectivity index (χ2v) is 8.40. The summed E-state index contributed by atoms with van der Waals surface area (Å²) in [6.07, 6.45) is 0.905. The Bertz CT molecular complexity index is 945. The van der Waals surface area contributed by atoms with E-state index in [9.17, 15) is 9.90 Å². The highest BCUT2D eigenvalue weighted by Crippen LogP contribution is 2.38. The summed E-state index contributed by atoms with van der Waals surface area (Å²) in [6, 6.07) is 15.2. The minimum atomic E-state index is -0.590. The molecule has 0 unspecified atom stereocenters. The number of nitrogens with zero attached hydrogens (tertiary/aromatic N) is 1. The predicted molar refractivity (Wildman–Crippen MR) is 127 cm³/mol. The number of hydrogen-bond acceptors (Lipinski definition) is 7. The lowest BCUT2D eigenvalue weighted by Gasteiger charge is -2.39. The van der Waals surface area contributed by atoms with E-state index in [2.05, 4.69) is 16.8 Å². The first-order chi connectivity index (χ1) is 16.6. The van der Waals surface area contributed by atoms with Crippen LogP contribution in [0.15, 0.2) is 61.2 Å². The summed E-state index contributed by atoms with van der Waals surface area (Å²) in [5, 5.41) is 12.1. The van der Waals surface area contributed by atoms with Crippen LogP contribution in [0.1, 0.15) is 35.5 Å². The van der Waals surface area contributed by atoms with Crippen LogP contribution in [0.4, 0.5) is 10.5 Å². The third-order valence-corrected chi connectivity index (χ3v) is 5.92. The zero-order valence-corrected chi connectivity index (χ0v) is 19.2. The van der Waals surface area contributed by atoms with Crippen molar-refractivity contribution in [2.24, 2.45) is 0 Å². The van der Waals surface area contributed by atoms with Gasteiger partial charge in [-0.2, -0.15) is 0 Å². The van der Waals surface area contributed by atoms with Crippen LogP contribution < -0.4 is 5.32 Å². The fourth-order valence-electron chi connectivity index (χ4n) is 4.16. The van der Waals surface area contributed by atoms with Gasteiger partial charge in [0.15, 0.2) is 6.29 Å². The Morgan fingerprint density at radius 2 is 1.94 bits per heavy atom. The molecule has 0 aliphatic carbocycles. The zero-order chi connectivity index (χ0) is 23.8. The number of rotatable bonds is 8. The molecule has 0 bridgehead atoms. The smallest absolute Gasteiger partial charge is 0.411 e. The first-order valence-corrected chi connectivity index (χ1v) is 11.6. The van der Waals surface area contributed by atoms with Crippen molar-refractivity contribution in [2.75, 3.05) is 44.8 Å². The van der Waals surface area contributed by atoms with E-state index in [1.165, 1.54) is 6.08 Å². The second-order valence-electron chi connectivity index (χ2n) is 8.40. The average Bonchev–Trinajstić information content (AvgIpc) is 2.88. The number of anilines is 1. The fraction of sp³-hybridized carbons (Fsp3) is 0.423. The number of amides is 1. The van der Waals surface area contributed by atoms with Gasteiger partial charge in [0.1, 0.15) is 6.61 Å². The first kappa shape index (κ1) is 24.4.